The topological polar surface area (TPSA) is 59.6 Å². The SMILES string of the molecule is O=C(Nc1ccc2c(c1)CNCCO2)C1CCOc2ccccc21. The molecule has 0 radical (unpaired) electrons. The fraction of sp³-hybridized carbons (Fsp3) is 0.316. The molecule has 1 unspecified atom stereocenters. The summed E-state index contributed by atoms with van der Waals surface area (Å²) in [7, 11) is 0. The van der Waals surface area contributed by atoms with Crippen molar-refractivity contribution in [3.63, 3.8) is 0 Å². The van der Waals surface area contributed by atoms with E-state index in [1.165, 1.54) is 0 Å². The number of amides is 1. The van der Waals surface area contributed by atoms with Crippen LogP contribution in [0.4, 0.5) is 5.69 Å². The van der Waals surface area contributed by atoms with Gasteiger partial charge in [0.1, 0.15) is 18.1 Å². The number of hydrogen-bond acceptors (Lipinski definition) is 4. The highest BCUT2D eigenvalue weighted by atomic mass is 16.5. The van der Waals surface area contributed by atoms with Crippen molar-refractivity contribution in [2.45, 2.75) is 18.9 Å². The number of carbonyl (C=O) groups excluding carboxylic acids is 1. The van der Waals surface area contributed by atoms with Gasteiger partial charge >= 0.3 is 0 Å². The van der Waals surface area contributed by atoms with Crippen molar-refractivity contribution in [3.8, 4) is 11.5 Å². The van der Waals surface area contributed by atoms with Gasteiger partial charge in [-0.15, -0.1) is 0 Å². The Bertz CT molecular complexity index is 760. The predicted octanol–water partition coefficient (Wildman–Crippen LogP) is 2.67. The molecule has 0 spiro atoms. The van der Waals surface area contributed by atoms with Gasteiger partial charge in [0.2, 0.25) is 5.91 Å². The lowest BCUT2D eigenvalue weighted by atomic mass is 9.92. The van der Waals surface area contributed by atoms with Crippen LogP contribution in [0.2, 0.25) is 0 Å². The van der Waals surface area contributed by atoms with E-state index < -0.39 is 0 Å². The van der Waals surface area contributed by atoms with Gasteiger partial charge in [-0.1, -0.05) is 18.2 Å². The standard InChI is InChI=1S/C19H20N2O3/c22-19(16-7-9-23-18-4-2-1-3-15(16)18)21-14-5-6-17-13(11-14)12-20-8-10-24-17/h1-6,11,16,20H,7-10,12H2,(H,21,22). The summed E-state index contributed by atoms with van der Waals surface area (Å²) in [4.78, 5) is 12.8. The molecule has 0 fully saturated rings. The van der Waals surface area contributed by atoms with Crippen molar-refractivity contribution in [3.05, 3.63) is 53.6 Å². The molecule has 0 saturated heterocycles. The molecule has 2 N–H and O–H groups in total. The maximum atomic E-state index is 12.8. The van der Waals surface area contributed by atoms with E-state index in [9.17, 15) is 4.79 Å². The highest BCUT2D eigenvalue weighted by Crippen LogP contribution is 2.34. The van der Waals surface area contributed by atoms with Gasteiger partial charge in [-0.3, -0.25) is 4.79 Å². The fourth-order valence-corrected chi connectivity index (χ4v) is 3.24. The number of nitrogens with one attached hydrogen (secondary N) is 2. The predicted molar refractivity (Wildman–Crippen MR) is 91.6 cm³/mol. The third kappa shape index (κ3) is 2.95. The number of rotatable bonds is 2. The Morgan fingerprint density at radius 3 is 2.92 bits per heavy atom. The largest absolute Gasteiger partial charge is 0.493 e. The summed E-state index contributed by atoms with van der Waals surface area (Å²) in [5.74, 6) is 1.52. The van der Waals surface area contributed by atoms with Crippen LogP contribution in [0.3, 0.4) is 0 Å². The van der Waals surface area contributed by atoms with Crippen molar-refractivity contribution in [1.29, 1.82) is 0 Å². The van der Waals surface area contributed by atoms with Gasteiger partial charge in [0, 0.05) is 29.9 Å². The average molecular weight is 324 g/mol. The highest BCUT2D eigenvalue weighted by Gasteiger charge is 2.27. The summed E-state index contributed by atoms with van der Waals surface area (Å²) in [6, 6.07) is 13.6. The van der Waals surface area contributed by atoms with Crippen molar-refractivity contribution >= 4 is 11.6 Å². The number of ether oxygens (including phenoxy) is 2. The first-order valence-electron chi connectivity index (χ1n) is 8.30. The van der Waals surface area contributed by atoms with Crippen LogP contribution in [0.15, 0.2) is 42.5 Å². The van der Waals surface area contributed by atoms with Gasteiger partial charge in [0.05, 0.1) is 12.5 Å². The summed E-state index contributed by atoms with van der Waals surface area (Å²) in [5.41, 5.74) is 2.83. The zero-order chi connectivity index (χ0) is 16.4. The molecule has 5 heteroatoms. The third-order valence-corrected chi connectivity index (χ3v) is 4.45. The molecule has 124 valence electrons. The molecule has 0 aliphatic carbocycles. The lowest BCUT2D eigenvalue weighted by Crippen LogP contribution is -2.26. The molecule has 1 atom stereocenters. The number of fused-ring (bicyclic) bond motifs is 2. The summed E-state index contributed by atoms with van der Waals surface area (Å²) in [6.45, 7) is 2.81. The third-order valence-electron chi connectivity index (χ3n) is 4.45. The Morgan fingerprint density at radius 2 is 1.96 bits per heavy atom. The summed E-state index contributed by atoms with van der Waals surface area (Å²) >= 11 is 0. The van der Waals surface area contributed by atoms with Gasteiger partial charge in [0.25, 0.3) is 0 Å². The summed E-state index contributed by atoms with van der Waals surface area (Å²) in [6.07, 6.45) is 0.693. The molecule has 2 aromatic rings. The zero-order valence-electron chi connectivity index (χ0n) is 13.4. The molecule has 4 rings (SSSR count). The minimum atomic E-state index is -0.178. The summed E-state index contributed by atoms with van der Waals surface area (Å²) in [5, 5.41) is 6.35. The van der Waals surface area contributed by atoms with E-state index in [2.05, 4.69) is 10.6 Å². The second kappa shape index (κ2) is 6.53. The molecule has 5 nitrogen and oxygen atoms in total. The van der Waals surface area contributed by atoms with Crippen LogP contribution in [-0.4, -0.2) is 25.7 Å². The van der Waals surface area contributed by atoms with E-state index in [1.54, 1.807) is 0 Å². The maximum Gasteiger partial charge on any atom is 0.232 e. The molecular weight excluding hydrogens is 304 g/mol. The zero-order valence-corrected chi connectivity index (χ0v) is 13.4. The molecule has 2 aromatic carbocycles. The van der Waals surface area contributed by atoms with Crippen LogP contribution in [0, 0.1) is 0 Å². The number of anilines is 1. The second-order valence-corrected chi connectivity index (χ2v) is 6.06. The van der Waals surface area contributed by atoms with Crippen LogP contribution < -0.4 is 20.1 Å². The Balaban J connectivity index is 1.54. The second-order valence-electron chi connectivity index (χ2n) is 6.06. The van der Waals surface area contributed by atoms with Crippen LogP contribution in [0.5, 0.6) is 11.5 Å². The molecule has 1 amide bonds. The molecule has 0 aromatic heterocycles. The maximum absolute atomic E-state index is 12.8. The van der Waals surface area contributed by atoms with E-state index in [0.717, 1.165) is 41.4 Å². The van der Waals surface area contributed by atoms with Gasteiger partial charge in [-0.25, -0.2) is 0 Å². The molecule has 0 saturated carbocycles. The molecule has 2 aliphatic rings. The Kier molecular flexibility index (Phi) is 4.09. The van der Waals surface area contributed by atoms with E-state index in [4.69, 9.17) is 9.47 Å². The van der Waals surface area contributed by atoms with Crippen LogP contribution in [0.25, 0.3) is 0 Å². The van der Waals surface area contributed by atoms with Gasteiger partial charge in [-0.2, -0.15) is 0 Å². The minimum Gasteiger partial charge on any atom is -0.493 e. The van der Waals surface area contributed by atoms with Gasteiger partial charge in [0.15, 0.2) is 0 Å². The van der Waals surface area contributed by atoms with E-state index >= 15 is 0 Å². The molecule has 0 bridgehead atoms. The molecule has 2 aliphatic heterocycles. The molecule has 2 heterocycles. The van der Waals surface area contributed by atoms with Crippen molar-refractivity contribution in [2.75, 3.05) is 25.1 Å². The molecular formula is C19H20N2O3. The quantitative estimate of drug-likeness (QED) is 0.892. The lowest BCUT2D eigenvalue weighted by Gasteiger charge is -2.25. The number of carbonyl (C=O) groups is 1. The number of hydrogen-bond donors (Lipinski definition) is 2. The highest BCUT2D eigenvalue weighted by molar-refractivity contribution is 5.96. The van der Waals surface area contributed by atoms with E-state index in [-0.39, 0.29) is 11.8 Å². The van der Waals surface area contributed by atoms with Crippen molar-refractivity contribution < 1.29 is 14.3 Å². The Labute approximate surface area is 141 Å². The first-order chi connectivity index (χ1) is 11.8. The number of para-hydroxylation sites is 1. The van der Waals surface area contributed by atoms with E-state index in [1.807, 2.05) is 42.5 Å². The number of benzene rings is 2. The summed E-state index contributed by atoms with van der Waals surface area (Å²) < 4.78 is 11.3. The Hall–Kier alpha value is -2.53. The average Bonchev–Trinajstić information content (AvgIpc) is 2.86. The fourth-order valence-electron chi connectivity index (χ4n) is 3.24. The van der Waals surface area contributed by atoms with Crippen molar-refractivity contribution in [1.82, 2.24) is 5.32 Å². The van der Waals surface area contributed by atoms with Gasteiger partial charge < -0.3 is 20.1 Å². The lowest BCUT2D eigenvalue weighted by molar-refractivity contribution is -0.118. The Morgan fingerprint density at radius 1 is 1.08 bits per heavy atom. The smallest absolute Gasteiger partial charge is 0.232 e. The minimum absolute atomic E-state index is 0.00759. The van der Waals surface area contributed by atoms with Crippen LogP contribution >= 0.6 is 0 Å². The normalized spacial score (nSPS) is 19.1. The van der Waals surface area contributed by atoms with Crippen molar-refractivity contribution in [2.24, 2.45) is 0 Å². The first kappa shape index (κ1) is 15.0. The monoisotopic (exact) mass is 324 g/mol. The van der Waals surface area contributed by atoms with Crippen LogP contribution in [-0.2, 0) is 11.3 Å². The first-order valence-corrected chi connectivity index (χ1v) is 8.30. The molecule has 24 heavy (non-hydrogen) atoms. The van der Waals surface area contributed by atoms with Crippen LogP contribution in [0.1, 0.15) is 23.5 Å². The van der Waals surface area contributed by atoms with Gasteiger partial charge in [-0.05, 0) is 30.7 Å². The van der Waals surface area contributed by atoms with E-state index in [0.29, 0.717) is 19.6 Å².